The van der Waals surface area contributed by atoms with Gasteiger partial charge in [0.05, 0.1) is 26.7 Å². The number of anilines is 1. The van der Waals surface area contributed by atoms with Crippen molar-refractivity contribution in [2.45, 2.75) is 31.1 Å². The molecule has 28 heavy (non-hydrogen) atoms. The summed E-state index contributed by atoms with van der Waals surface area (Å²) < 4.78 is 18.6. The van der Waals surface area contributed by atoms with Crippen molar-refractivity contribution in [1.29, 1.82) is 0 Å². The Kier molecular flexibility index (Phi) is 5.09. The topological polar surface area (TPSA) is 138 Å². The van der Waals surface area contributed by atoms with Crippen LogP contribution in [0.15, 0.2) is 36.9 Å². The van der Waals surface area contributed by atoms with E-state index in [-0.39, 0.29) is 19.0 Å². The second kappa shape index (κ2) is 7.68. The zero-order valence-corrected chi connectivity index (χ0v) is 15.2. The molecule has 0 amide bonds. The van der Waals surface area contributed by atoms with Gasteiger partial charge in [-0.25, -0.2) is 15.0 Å². The van der Waals surface area contributed by atoms with Gasteiger partial charge >= 0.3 is 0 Å². The first-order chi connectivity index (χ1) is 13.6. The van der Waals surface area contributed by atoms with Gasteiger partial charge in [0, 0.05) is 0 Å². The summed E-state index contributed by atoms with van der Waals surface area (Å²) in [7, 11) is 1.60. The third-order valence-corrected chi connectivity index (χ3v) is 4.76. The highest BCUT2D eigenvalue weighted by Gasteiger charge is 2.45. The van der Waals surface area contributed by atoms with E-state index in [1.54, 1.807) is 11.7 Å². The van der Waals surface area contributed by atoms with Gasteiger partial charge in [-0.15, -0.1) is 0 Å². The molecule has 0 saturated carbocycles. The molecule has 1 aliphatic rings. The van der Waals surface area contributed by atoms with Crippen LogP contribution in [0.3, 0.4) is 0 Å². The van der Waals surface area contributed by atoms with Crippen molar-refractivity contribution < 1.29 is 24.4 Å². The molecule has 4 atom stereocenters. The Morgan fingerprint density at radius 1 is 1.21 bits per heavy atom. The van der Waals surface area contributed by atoms with Crippen LogP contribution in [0.25, 0.3) is 11.2 Å². The summed E-state index contributed by atoms with van der Waals surface area (Å²) in [6, 6.07) is 7.41. The summed E-state index contributed by atoms with van der Waals surface area (Å²) in [5.74, 6) is 0.991. The zero-order chi connectivity index (χ0) is 19.7. The van der Waals surface area contributed by atoms with Gasteiger partial charge in [-0.3, -0.25) is 4.57 Å². The van der Waals surface area contributed by atoms with Crippen LogP contribution in [0.1, 0.15) is 11.8 Å². The number of nitrogen functional groups attached to an aromatic ring is 1. The number of nitrogens with zero attached hydrogens (tertiary/aromatic N) is 4. The summed E-state index contributed by atoms with van der Waals surface area (Å²) in [6.07, 6.45) is -0.445. The van der Waals surface area contributed by atoms with Gasteiger partial charge in [-0.2, -0.15) is 0 Å². The Morgan fingerprint density at radius 3 is 2.71 bits per heavy atom. The number of rotatable bonds is 6. The molecule has 1 fully saturated rings. The highest BCUT2D eigenvalue weighted by molar-refractivity contribution is 5.81. The Bertz CT molecular complexity index is 947. The van der Waals surface area contributed by atoms with Gasteiger partial charge in [0.2, 0.25) is 0 Å². The van der Waals surface area contributed by atoms with E-state index in [9.17, 15) is 10.2 Å². The fraction of sp³-hybridized carbons (Fsp3) is 0.389. The molecule has 148 valence electrons. The van der Waals surface area contributed by atoms with Gasteiger partial charge in [-0.1, -0.05) is 12.1 Å². The van der Waals surface area contributed by atoms with E-state index in [1.807, 2.05) is 24.3 Å². The minimum atomic E-state index is -1.02. The van der Waals surface area contributed by atoms with E-state index in [1.165, 1.54) is 12.7 Å². The number of benzene rings is 1. The summed E-state index contributed by atoms with van der Waals surface area (Å²) in [6.45, 7) is -0.0999. The van der Waals surface area contributed by atoms with E-state index in [0.29, 0.717) is 11.2 Å². The predicted molar refractivity (Wildman–Crippen MR) is 98.3 cm³/mol. The lowest BCUT2D eigenvalue weighted by Gasteiger charge is -2.22. The van der Waals surface area contributed by atoms with Gasteiger partial charge in [-0.05, 0) is 17.7 Å². The second-order valence-corrected chi connectivity index (χ2v) is 6.44. The number of hydrogen-bond acceptors (Lipinski definition) is 9. The van der Waals surface area contributed by atoms with Crippen LogP contribution in [-0.4, -0.2) is 61.8 Å². The van der Waals surface area contributed by atoms with Gasteiger partial charge in [0.15, 0.2) is 17.7 Å². The molecule has 0 radical (unpaired) electrons. The van der Waals surface area contributed by atoms with Gasteiger partial charge in [0.25, 0.3) is 0 Å². The number of fused-ring (bicyclic) bond motifs is 1. The summed E-state index contributed by atoms with van der Waals surface area (Å²) in [5, 5.41) is 20.1. The highest BCUT2D eigenvalue weighted by Crippen LogP contribution is 2.34. The van der Waals surface area contributed by atoms with E-state index < -0.39 is 24.5 Å². The van der Waals surface area contributed by atoms with Crippen molar-refractivity contribution in [1.82, 2.24) is 19.5 Å². The Labute approximate surface area is 160 Å². The molecule has 10 nitrogen and oxygen atoms in total. The predicted octanol–water partition coefficient (Wildman–Crippen LogP) is 0.253. The molecule has 0 aliphatic carbocycles. The molecule has 2 aromatic heterocycles. The number of methoxy groups -OCH3 is 1. The number of aliphatic hydroxyl groups excluding tert-OH is 2. The lowest BCUT2D eigenvalue weighted by molar-refractivity contribution is -0.0761. The van der Waals surface area contributed by atoms with Crippen LogP contribution in [-0.2, 0) is 16.1 Å². The van der Waals surface area contributed by atoms with Crippen LogP contribution < -0.4 is 10.5 Å². The number of hydrogen-bond donors (Lipinski definition) is 3. The minimum Gasteiger partial charge on any atom is -0.497 e. The number of aliphatic hydroxyl groups is 2. The normalized spacial score (nSPS) is 24.7. The smallest absolute Gasteiger partial charge is 0.167 e. The van der Waals surface area contributed by atoms with Gasteiger partial charge in [0.1, 0.15) is 35.9 Å². The molecule has 1 unspecified atom stereocenters. The monoisotopic (exact) mass is 387 g/mol. The third-order valence-electron chi connectivity index (χ3n) is 4.76. The van der Waals surface area contributed by atoms with Crippen LogP contribution >= 0.6 is 0 Å². The first kappa shape index (κ1) is 18.6. The largest absolute Gasteiger partial charge is 0.497 e. The van der Waals surface area contributed by atoms with Crippen molar-refractivity contribution in [2.75, 3.05) is 19.5 Å². The molecule has 0 spiro atoms. The number of imidazole rings is 1. The Hall–Kier alpha value is -2.79. The fourth-order valence-corrected chi connectivity index (χ4v) is 3.24. The molecule has 4 rings (SSSR count). The van der Waals surface area contributed by atoms with E-state index in [2.05, 4.69) is 15.0 Å². The molecule has 1 aromatic carbocycles. The lowest BCUT2D eigenvalue weighted by atomic mass is 10.1. The maximum atomic E-state index is 10.6. The quantitative estimate of drug-likeness (QED) is 0.543. The van der Waals surface area contributed by atoms with Crippen LogP contribution in [0.4, 0.5) is 5.82 Å². The molecular weight excluding hydrogens is 366 g/mol. The van der Waals surface area contributed by atoms with Crippen LogP contribution in [0, 0.1) is 0 Å². The molecule has 1 saturated heterocycles. The fourth-order valence-electron chi connectivity index (χ4n) is 3.24. The third kappa shape index (κ3) is 3.27. The second-order valence-electron chi connectivity index (χ2n) is 6.44. The lowest BCUT2D eigenvalue weighted by Crippen LogP contribution is -2.35. The van der Waals surface area contributed by atoms with Crippen LogP contribution in [0.2, 0.25) is 0 Å². The SMILES string of the molecule is COc1ccc(COC2[C@@H](O)[C@@H](CO)O[C@H]2n2cnc3c(N)ncnc32)cc1. The first-order valence-corrected chi connectivity index (χ1v) is 8.74. The highest BCUT2D eigenvalue weighted by atomic mass is 16.6. The van der Waals surface area contributed by atoms with Crippen molar-refractivity contribution in [3.05, 3.63) is 42.5 Å². The molecular formula is C18H21N5O5. The van der Waals surface area contributed by atoms with Crippen molar-refractivity contribution in [2.24, 2.45) is 0 Å². The number of ether oxygens (including phenoxy) is 3. The molecule has 3 heterocycles. The average molecular weight is 387 g/mol. The number of aromatic nitrogens is 4. The summed E-state index contributed by atoms with van der Waals surface area (Å²) >= 11 is 0. The molecule has 1 aliphatic heterocycles. The van der Waals surface area contributed by atoms with E-state index in [0.717, 1.165) is 11.3 Å². The van der Waals surface area contributed by atoms with E-state index >= 15 is 0 Å². The molecule has 3 aromatic rings. The minimum absolute atomic E-state index is 0.244. The molecule has 10 heteroatoms. The maximum absolute atomic E-state index is 10.6. The maximum Gasteiger partial charge on any atom is 0.167 e. The first-order valence-electron chi connectivity index (χ1n) is 8.74. The Balaban J connectivity index is 1.59. The number of nitrogens with two attached hydrogens (primary N) is 1. The van der Waals surface area contributed by atoms with Crippen molar-refractivity contribution >= 4 is 17.0 Å². The molecule has 4 N–H and O–H groups in total. The average Bonchev–Trinajstić information content (AvgIpc) is 3.28. The zero-order valence-electron chi connectivity index (χ0n) is 15.2. The summed E-state index contributed by atoms with van der Waals surface area (Å²) in [5.41, 5.74) is 7.64. The summed E-state index contributed by atoms with van der Waals surface area (Å²) in [4.78, 5) is 12.4. The molecule has 0 bridgehead atoms. The van der Waals surface area contributed by atoms with Gasteiger partial charge < -0.3 is 30.2 Å². The van der Waals surface area contributed by atoms with E-state index in [4.69, 9.17) is 19.9 Å². The van der Waals surface area contributed by atoms with Crippen LogP contribution in [0.5, 0.6) is 5.75 Å². The van der Waals surface area contributed by atoms with Crippen molar-refractivity contribution in [3.8, 4) is 5.75 Å². The van der Waals surface area contributed by atoms with Crippen molar-refractivity contribution in [3.63, 3.8) is 0 Å². The standard InChI is InChI=1S/C18H21N5O5/c1-26-11-4-2-10(3-5-11)7-27-15-14(25)12(6-24)28-18(15)23-9-22-13-16(19)20-8-21-17(13)23/h2-5,8-9,12,14-15,18,24-25H,6-7H2,1H3,(H2,19,20,21)/t12-,14+,15?,18-/m1/s1. The Morgan fingerprint density at radius 2 is 2.00 bits per heavy atom.